The Balaban J connectivity index is 1.48. The number of ether oxygens (including phenoxy) is 1. The maximum absolute atomic E-state index is 5.59. The molecule has 0 radical (unpaired) electrons. The summed E-state index contributed by atoms with van der Waals surface area (Å²) < 4.78 is 13.0. The van der Waals surface area contributed by atoms with Crippen LogP contribution in [0.5, 0.6) is 5.75 Å². The lowest BCUT2D eigenvalue weighted by atomic mass is 10.2. The summed E-state index contributed by atoms with van der Waals surface area (Å²) >= 11 is 1.58. The van der Waals surface area contributed by atoms with Crippen molar-refractivity contribution in [2.75, 3.05) is 7.11 Å². The Morgan fingerprint density at radius 1 is 0.969 bits per heavy atom. The molecule has 0 bridgehead atoms. The number of para-hydroxylation sites is 2. The van der Waals surface area contributed by atoms with Gasteiger partial charge in [-0.15, -0.1) is 10.2 Å². The fourth-order valence-corrected chi connectivity index (χ4v) is 4.41. The average molecular weight is 444 g/mol. The highest BCUT2D eigenvalue weighted by atomic mass is 32.2. The Kier molecular flexibility index (Phi) is 5.60. The van der Waals surface area contributed by atoms with Gasteiger partial charge in [0, 0.05) is 11.3 Å². The number of fused-ring (bicyclic) bond motifs is 1. The largest absolute Gasteiger partial charge is 0.497 e. The van der Waals surface area contributed by atoms with Crippen molar-refractivity contribution in [1.82, 2.24) is 24.7 Å². The Hall–Kier alpha value is -3.65. The van der Waals surface area contributed by atoms with E-state index in [-0.39, 0.29) is 0 Å². The van der Waals surface area contributed by atoms with Gasteiger partial charge >= 0.3 is 0 Å². The Morgan fingerprint density at radius 2 is 1.81 bits per heavy atom. The molecule has 5 aromatic rings. The van der Waals surface area contributed by atoms with Crippen LogP contribution in [0.1, 0.15) is 17.1 Å². The normalized spacial score (nSPS) is 11.2. The van der Waals surface area contributed by atoms with E-state index >= 15 is 0 Å². The molecule has 0 aliphatic rings. The number of thioether (sulfide) groups is 1. The van der Waals surface area contributed by atoms with E-state index in [4.69, 9.17) is 19.1 Å². The SMILES string of the molecule is COc1cccc(-c2nnc(SCc3nc4ccccc4nc3C)n2Cc2ccco2)c1. The highest BCUT2D eigenvalue weighted by Gasteiger charge is 2.17. The minimum atomic E-state index is 0.525. The van der Waals surface area contributed by atoms with Crippen molar-refractivity contribution in [3.8, 4) is 17.1 Å². The quantitative estimate of drug-likeness (QED) is 0.322. The predicted octanol–water partition coefficient (Wildman–Crippen LogP) is 5.14. The molecule has 2 aromatic carbocycles. The molecule has 160 valence electrons. The van der Waals surface area contributed by atoms with Gasteiger partial charge in [0.05, 0.1) is 42.3 Å². The first-order valence-corrected chi connectivity index (χ1v) is 11.1. The van der Waals surface area contributed by atoms with E-state index in [1.54, 1.807) is 25.1 Å². The van der Waals surface area contributed by atoms with E-state index in [1.165, 1.54) is 0 Å². The summed E-state index contributed by atoms with van der Waals surface area (Å²) in [5, 5.41) is 9.75. The van der Waals surface area contributed by atoms with E-state index < -0.39 is 0 Å². The van der Waals surface area contributed by atoms with Crippen molar-refractivity contribution < 1.29 is 9.15 Å². The fourth-order valence-electron chi connectivity index (χ4n) is 3.47. The maximum atomic E-state index is 5.59. The number of benzene rings is 2. The van der Waals surface area contributed by atoms with E-state index in [2.05, 4.69) is 14.8 Å². The molecular formula is C24H21N5O2S. The molecule has 3 heterocycles. The summed E-state index contributed by atoms with van der Waals surface area (Å²) in [5.41, 5.74) is 4.57. The van der Waals surface area contributed by atoms with Crippen LogP contribution in [0.2, 0.25) is 0 Å². The first-order chi connectivity index (χ1) is 15.7. The molecule has 32 heavy (non-hydrogen) atoms. The highest BCUT2D eigenvalue weighted by molar-refractivity contribution is 7.98. The van der Waals surface area contributed by atoms with Crippen molar-refractivity contribution in [2.24, 2.45) is 0 Å². The first-order valence-electron chi connectivity index (χ1n) is 10.2. The number of hydrogen-bond acceptors (Lipinski definition) is 7. The zero-order valence-corrected chi connectivity index (χ0v) is 18.5. The van der Waals surface area contributed by atoms with Gasteiger partial charge < -0.3 is 9.15 Å². The minimum absolute atomic E-state index is 0.525. The van der Waals surface area contributed by atoms with Crippen LogP contribution in [0.4, 0.5) is 0 Å². The number of hydrogen-bond donors (Lipinski definition) is 0. The number of nitrogens with zero attached hydrogens (tertiary/aromatic N) is 5. The number of furan rings is 1. The second kappa shape index (κ2) is 8.84. The Bertz CT molecular complexity index is 1360. The predicted molar refractivity (Wildman–Crippen MR) is 124 cm³/mol. The molecule has 0 fully saturated rings. The van der Waals surface area contributed by atoms with Gasteiger partial charge in [-0.2, -0.15) is 0 Å². The first kappa shape index (κ1) is 20.3. The van der Waals surface area contributed by atoms with E-state index in [0.717, 1.165) is 50.5 Å². The van der Waals surface area contributed by atoms with Gasteiger partial charge in [-0.05, 0) is 43.3 Å². The molecule has 0 atom stereocenters. The monoisotopic (exact) mass is 443 g/mol. The Labute approximate surface area is 189 Å². The van der Waals surface area contributed by atoms with Crippen molar-refractivity contribution in [1.29, 1.82) is 0 Å². The van der Waals surface area contributed by atoms with Crippen LogP contribution >= 0.6 is 11.8 Å². The minimum Gasteiger partial charge on any atom is -0.497 e. The molecule has 0 amide bonds. The van der Waals surface area contributed by atoms with Crippen LogP contribution in [0.25, 0.3) is 22.4 Å². The third-order valence-corrected chi connectivity index (χ3v) is 6.10. The zero-order valence-electron chi connectivity index (χ0n) is 17.7. The number of aryl methyl sites for hydroxylation is 1. The van der Waals surface area contributed by atoms with Crippen LogP contribution < -0.4 is 4.74 Å². The van der Waals surface area contributed by atoms with Crippen LogP contribution in [-0.2, 0) is 12.3 Å². The zero-order chi connectivity index (χ0) is 21.9. The van der Waals surface area contributed by atoms with Gasteiger partial charge in [0.15, 0.2) is 11.0 Å². The lowest BCUT2D eigenvalue weighted by molar-refractivity contribution is 0.415. The smallest absolute Gasteiger partial charge is 0.192 e. The number of methoxy groups -OCH3 is 1. The second-order valence-electron chi connectivity index (χ2n) is 7.24. The molecule has 0 saturated heterocycles. The molecule has 5 rings (SSSR count). The molecule has 3 aromatic heterocycles. The average Bonchev–Trinajstić information content (AvgIpc) is 3.48. The third-order valence-electron chi connectivity index (χ3n) is 5.12. The molecule has 0 aliphatic carbocycles. The summed E-state index contributed by atoms with van der Waals surface area (Å²) in [6, 6.07) is 19.5. The highest BCUT2D eigenvalue weighted by Crippen LogP contribution is 2.29. The fraction of sp³-hybridized carbons (Fsp3) is 0.167. The maximum Gasteiger partial charge on any atom is 0.192 e. The van der Waals surface area contributed by atoms with Crippen LogP contribution in [0.15, 0.2) is 76.5 Å². The van der Waals surface area contributed by atoms with Gasteiger partial charge in [0.25, 0.3) is 0 Å². The molecule has 0 saturated carbocycles. The Morgan fingerprint density at radius 3 is 2.59 bits per heavy atom. The summed E-state index contributed by atoms with van der Waals surface area (Å²) in [4.78, 5) is 9.50. The van der Waals surface area contributed by atoms with E-state index in [1.807, 2.05) is 67.6 Å². The molecule has 0 spiro atoms. The summed E-state index contributed by atoms with van der Waals surface area (Å²) in [6.07, 6.45) is 1.67. The molecule has 7 nitrogen and oxygen atoms in total. The standard InChI is InChI=1S/C24H21N5O2S/c1-16-22(26-21-11-4-3-10-20(21)25-16)15-32-24-28-27-23(17-7-5-8-18(13-17)30-2)29(24)14-19-9-6-12-31-19/h3-13H,14-15H2,1-2H3. The van der Waals surface area contributed by atoms with E-state index in [0.29, 0.717) is 12.3 Å². The van der Waals surface area contributed by atoms with Crippen LogP contribution in [-0.4, -0.2) is 31.8 Å². The van der Waals surface area contributed by atoms with Gasteiger partial charge in [0.2, 0.25) is 0 Å². The summed E-state index contributed by atoms with van der Waals surface area (Å²) in [5.74, 6) is 2.99. The molecule has 0 N–H and O–H groups in total. The number of aromatic nitrogens is 5. The number of rotatable bonds is 7. The molecular weight excluding hydrogens is 422 g/mol. The van der Waals surface area contributed by atoms with Gasteiger partial charge in [-0.3, -0.25) is 4.57 Å². The van der Waals surface area contributed by atoms with Crippen LogP contribution in [0.3, 0.4) is 0 Å². The molecule has 0 aliphatic heterocycles. The van der Waals surface area contributed by atoms with E-state index in [9.17, 15) is 0 Å². The van der Waals surface area contributed by atoms with Crippen molar-refractivity contribution in [2.45, 2.75) is 24.4 Å². The van der Waals surface area contributed by atoms with Gasteiger partial charge in [-0.25, -0.2) is 9.97 Å². The van der Waals surface area contributed by atoms with Gasteiger partial charge in [-0.1, -0.05) is 36.0 Å². The van der Waals surface area contributed by atoms with Crippen molar-refractivity contribution >= 4 is 22.8 Å². The topological polar surface area (TPSA) is 78.9 Å². The third kappa shape index (κ3) is 4.09. The summed E-state index contributed by atoms with van der Waals surface area (Å²) in [6.45, 7) is 2.52. The van der Waals surface area contributed by atoms with Gasteiger partial charge in [0.1, 0.15) is 11.5 Å². The lowest BCUT2D eigenvalue weighted by Crippen LogP contribution is -2.04. The van der Waals surface area contributed by atoms with Crippen molar-refractivity contribution in [3.05, 3.63) is 84.1 Å². The molecule has 0 unspecified atom stereocenters. The van der Waals surface area contributed by atoms with Crippen molar-refractivity contribution in [3.63, 3.8) is 0 Å². The lowest BCUT2D eigenvalue weighted by Gasteiger charge is -2.10. The summed E-state index contributed by atoms with van der Waals surface area (Å²) in [7, 11) is 1.65. The second-order valence-corrected chi connectivity index (χ2v) is 8.18. The molecule has 8 heteroatoms. The van der Waals surface area contributed by atoms with Crippen LogP contribution in [0, 0.1) is 6.92 Å².